The standard InChI is InChI=1S/C28H29N2OS/c1-5-29-25-17-16-22(26-14-11-19-32-26)20-24(25)28(3,4)27(29)15-9-10-18-30(21(2)31)23-12-7-6-8-13-23/h6-20H,5H2,1-4H3/q+1. The normalized spacial score (nSPS) is 15.0. The number of amides is 1. The van der Waals surface area contributed by atoms with E-state index >= 15 is 0 Å². The van der Waals surface area contributed by atoms with Crippen LogP contribution in [-0.2, 0) is 10.2 Å². The molecule has 0 spiro atoms. The third-order valence-electron chi connectivity index (χ3n) is 5.99. The Kier molecular flexibility index (Phi) is 6.24. The van der Waals surface area contributed by atoms with Gasteiger partial charge in [0.05, 0.1) is 5.41 Å². The molecule has 32 heavy (non-hydrogen) atoms. The minimum Gasteiger partial charge on any atom is -0.288 e. The summed E-state index contributed by atoms with van der Waals surface area (Å²) < 4.78 is 2.39. The first-order valence-electron chi connectivity index (χ1n) is 11.0. The number of anilines is 1. The predicted octanol–water partition coefficient (Wildman–Crippen LogP) is 6.93. The zero-order chi connectivity index (χ0) is 22.7. The second-order valence-electron chi connectivity index (χ2n) is 8.39. The number of carbonyl (C=O) groups is 1. The van der Waals surface area contributed by atoms with Gasteiger partial charge in [-0.3, -0.25) is 9.69 Å². The van der Waals surface area contributed by atoms with Crippen LogP contribution in [0.3, 0.4) is 0 Å². The SMILES string of the molecule is CC[N+]1=C(/C=C/C=C/N(C(C)=O)c2ccccc2)C(C)(C)c2cc(-c3cccs3)ccc21. The molecular weight excluding hydrogens is 412 g/mol. The van der Waals surface area contributed by atoms with Crippen molar-refractivity contribution in [3.8, 4) is 10.4 Å². The van der Waals surface area contributed by atoms with Crippen LogP contribution in [0.4, 0.5) is 11.4 Å². The number of benzene rings is 2. The highest BCUT2D eigenvalue weighted by molar-refractivity contribution is 7.13. The fraction of sp³-hybridized carbons (Fsp3) is 0.214. The molecule has 0 N–H and O–H groups in total. The molecule has 1 aliphatic rings. The van der Waals surface area contributed by atoms with Crippen molar-refractivity contribution in [2.45, 2.75) is 33.1 Å². The Labute approximate surface area is 194 Å². The Balaban J connectivity index is 1.63. The zero-order valence-electron chi connectivity index (χ0n) is 19.1. The van der Waals surface area contributed by atoms with Gasteiger partial charge in [-0.25, -0.2) is 0 Å². The molecule has 0 saturated heterocycles. The van der Waals surface area contributed by atoms with Crippen LogP contribution >= 0.6 is 11.3 Å². The van der Waals surface area contributed by atoms with Gasteiger partial charge in [-0.15, -0.1) is 11.3 Å². The van der Waals surface area contributed by atoms with Gasteiger partial charge in [-0.2, -0.15) is 4.58 Å². The number of thiophene rings is 1. The molecule has 0 aliphatic carbocycles. The molecule has 0 saturated carbocycles. The minimum absolute atomic E-state index is 0.0154. The highest BCUT2D eigenvalue weighted by atomic mass is 32.1. The van der Waals surface area contributed by atoms with E-state index in [-0.39, 0.29) is 11.3 Å². The molecule has 1 aliphatic heterocycles. The molecule has 162 valence electrons. The molecule has 4 rings (SSSR count). The number of fused-ring (bicyclic) bond motifs is 1. The maximum absolute atomic E-state index is 12.1. The van der Waals surface area contributed by atoms with Crippen LogP contribution in [-0.4, -0.2) is 22.7 Å². The van der Waals surface area contributed by atoms with E-state index in [1.165, 1.54) is 27.4 Å². The molecule has 0 fully saturated rings. The van der Waals surface area contributed by atoms with Gasteiger partial charge in [0.1, 0.15) is 6.54 Å². The average Bonchev–Trinajstić information content (AvgIpc) is 3.39. The number of para-hydroxylation sites is 1. The molecule has 3 aromatic rings. The van der Waals surface area contributed by atoms with E-state index in [9.17, 15) is 4.79 Å². The molecule has 0 radical (unpaired) electrons. The van der Waals surface area contributed by atoms with Crippen molar-refractivity contribution in [1.29, 1.82) is 0 Å². The quantitative estimate of drug-likeness (QED) is 0.300. The minimum atomic E-state index is -0.108. The lowest BCUT2D eigenvalue weighted by atomic mass is 9.80. The van der Waals surface area contributed by atoms with Crippen LogP contribution in [0, 0.1) is 0 Å². The lowest BCUT2D eigenvalue weighted by molar-refractivity contribution is -0.433. The molecule has 1 aromatic heterocycles. The molecule has 0 atom stereocenters. The predicted molar refractivity (Wildman–Crippen MR) is 136 cm³/mol. The van der Waals surface area contributed by atoms with Crippen LogP contribution < -0.4 is 4.90 Å². The van der Waals surface area contributed by atoms with E-state index in [2.05, 4.69) is 67.1 Å². The first kappa shape index (κ1) is 22.0. The smallest absolute Gasteiger partial charge is 0.227 e. The van der Waals surface area contributed by atoms with Gasteiger partial charge in [0.2, 0.25) is 11.6 Å². The third-order valence-corrected chi connectivity index (χ3v) is 6.91. The number of hydrogen-bond donors (Lipinski definition) is 0. The van der Waals surface area contributed by atoms with E-state index in [4.69, 9.17) is 0 Å². The van der Waals surface area contributed by atoms with Crippen LogP contribution in [0.1, 0.15) is 33.3 Å². The number of nitrogens with zero attached hydrogens (tertiary/aromatic N) is 2. The molecule has 0 unspecified atom stereocenters. The van der Waals surface area contributed by atoms with E-state index in [0.29, 0.717) is 0 Å². The van der Waals surface area contributed by atoms with E-state index in [0.717, 1.165) is 12.2 Å². The summed E-state index contributed by atoms with van der Waals surface area (Å²) in [7, 11) is 0. The molecule has 2 aromatic carbocycles. The fourth-order valence-corrected chi connectivity index (χ4v) is 5.08. The van der Waals surface area contributed by atoms with Gasteiger partial charge in [0, 0.05) is 41.4 Å². The topological polar surface area (TPSA) is 23.3 Å². The summed E-state index contributed by atoms with van der Waals surface area (Å²) in [6, 6.07) is 20.8. The second-order valence-corrected chi connectivity index (χ2v) is 9.34. The van der Waals surface area contributed by atoms with Gasteiger partial charge in [0.25, 0.3) is 0 Å². The molecular formula is C28H29N2OS+. The summed E-state index contributed by atoms with van der Waals surface area (Å²) in [5.41, 5.74) is 5.91. The largest absolute Gasteiger partial charge is 0.288 e. The molecule has 0 bridgehead atoms. The summed E-state index contributed by atoms with van der Waals surface area (Å²) in [4.78, 5) is 15.1. The molecule has 4 heteroatoms. The second kappa shape index (κ2) is 9.09. The Hall–Kier alpha value is -3.24. The Morgan fingerprint density at radius 3 is 2.50 bits per heavy atom. The van der Waals surface area contributed by atoms with Crippen LogP contribution in [0.15, 0.2) is 90.5 Å². The lowest BCUT2D eigenvalue weighted by Crippen LogP contribution is -2.27. The number of hydrogen-bond acceptors (Lipinski definition) is 2. The summed E-state index contributed by atoms with van der Waals surface area (Å²) >= 11 is 1.77. The van der Waals surface area contributed by atoms with Crippen molar-refractivity contribution in [3.63, 3.8) is 0 Å². The lowest BCUT2D eigenvalue weighted by Gasteiger charge is -2.16. The van der Waals surface area contributed by atoms with Gasteiger partial charge < -0.3 is 0 Å². The van der Waals surface area contributed by atoms with E-state index < -0.39 is 0 Å². The number of rotatable bonds is 6. The maximum Gasteiger partial charge on any atom is 0.227 e. The summed E-state index contributed by atoms with van der Waals surface area (Å²) in [6.45, 7) is 9.25. The Morgan fingerprint density at radius 1 is 1.06 bits per heavy atom. The van der Waals surface area contributed by atoms with Crippen molar-refractivity contribution >= 4 is 34.3 Å². The van der Waals surface area contributed by atoms with Gasteiger partial charge in [-0.1, -0.05) is 30.3 Å². The average molecular weight is 442 g/mol. The monoisotopic (exact) mass is 441 g/mol. The highest BCUT2D eigenvalue weighted by Crippen LogP contribution is 2.42. The van der Waals surface area contributed by atoms with E-state index in [1.807, 2.05) is 48.7 Å². The van der Waals surface area contributed by atoms with Crippen molar-refractivity contribution in [1.82, 2.24) is 0 Å². The van der Waals surface area contributed by atoms with Crippen LogP contribution in [0.2, 0.25) is 0 Å². The zero-order valence-corrected chi connectivity index (χ0v) is 19.9. The first-order chi connectivity index (χ1) is 15.4. The summed E-state index contributed by atoms with van der Waals surface area (Å²) in [6.07, 6.45) is 7.97. The van der Waals surface area contributed by atoms with Crippen molar-refractivity contribution in [3.05, 3.63) is 96.0 Å². The third kappa shape index (κ3) is 4.11. The van der Waals surface area contributed by atoms with Gasteiger partial charge in [-0.05, 0) is 68.1 Å². The van der Waals surface area contributed by atoms with E-state index in [1.54, 1.807) is 23.2 Å². The molecule has 3 nitrogen and oxygen atoms in total. The molecule has 2 heterocycles. The number of allylic oxidation sites excluding steroid dienone is 3. The fourth-order valence-electron chi connectivity index (χ4n) is 4.36. The Morgan fingerprint density at radius 2 is 1.84 bits per heavy atom. The summed E-state index contributed by atoms with van der Waals surface area (Å²) in [5, 5.41) is 2.12. The van der Waals surface area contributed by atoms with Crippen LogP contribution in [0.25, 0.3) is 10.4 Å². The summed E-state index contributed by atoms with van der Waals surface area (Å²) in [5.74, 6) is -0.0154. The van der Waals surface area contributed by atoms with Gasteiger partial charge in [0.15, 0.2) is 5.71 Å². The highest BCUT2D eigenvalue weighted by Gasteiger charge is 2.43. The van der Waals surface area contributed by atoms with Crippen LogP contribution in [0.5, 0.6) is 0 Å². The molecule has 1 amide bonds. The first-order valence-corrected chi connectivity index (χ1v) is 11.8. The maximum atomic E-state index is 12.1. The van der Waals surface area contributed by atoms with Crippen molar-refractivity contribution in [2.24, 2.45) is 0 Å². The Bertz CT molecular complexity index is 1200. The number of carbonyl (C=O) groups excluding carboxylic acids is 1. The van der Waals surface area contributed by atoms with Gasteiger partial charge >= 0.3 is 0 Å². The van der Waals surface area contributed by atoms with Crippen molar-refractivity contribution < 1.29 is 9.37 Å². The van der Waals surface area contributed by atoms with Crippen molar-refractivity contribution in [2.75, 3.05) is 11.4 Å².